The molecule has 2 nitrogen and oxygen atoms in total. The van der Waals surface area contributed by atoms with Crippen LogP contribution in [0.5, 0.6) is 0 Å². The minimum atomic E-state index is -0.259. The molecule has 0 aromatic heterocycles. The number of hydrogen-bond donors (Lipinski definition) is 1. The fraction of sp³-hybridized carbons (Fsp3) is 0.368. The lowest BCUT2D eigenvalue weighted by Crippen LogP contribution is -2.38. The van der Waals surface area contributed by atoms with Gasteiger partial charge < -0.3 is 5.11 Å². The summed E-state index contributed by atoms with van der Waals surface area (Å²) in [4.78, 5) is 2.53. The van der Waals surface area contributed by atoms with E-state index in [0.717, 1.165) is 31.6 Å². The molecule has 108 valence electrons. The standard InChI is InChI=1S/C19H21NO/c21-19-16-9-5-4-8-15(16)18-13-20(11-10-17(18)19)12-14-6-2-1-3-7-14/h1-9,17-19,21H,10-13H2/t17-,18+,19+/m0/s1. The van der Waals surface area contributed by atoms with Crippen LogP contribution in [-0.2, 0) is 6.54 Å². The molecular weight excluding hydrogens is 258 g/mol. The van der Waals surface area contributed by atoms with Crippen molar-refractivity contribution in [1.29, 1.82) is 0 Å². The minimum Gasteiger partial charge on any atom is -0.388 e. The molecule has 0 bridgehead atoms. The summed E-state index contributed by atoms with van der Waals surface area (Å²) in [5, 5.41) is 10.5. The Morgan fingerprint density at radius 1 is 0.952 bits per heavy atom. The molecule has 1 N–H and O–H groups in total. The van der Waals surface area contributed by atoms with Crippen LogP contribution in [0.3, 0.4) is 0 Å². The van der Waals surface area contributed by atoms with Gasteiger partial charge in [0.05, 0.1) is 6.10 Å². The molecule has 0 radical (unpaired) electrons. The molecule has 1 fully saturated rings. The molecule has 4 rings (SSSR count). The third-order valence-corrected chi connectivity index (χ3v) is 5.12. The average Bonchev–Trinajstić information content (AvgIpc) is 2.82. The van der Waals surface area contributed by atoms with E-state index in [-0.39, 0.29) is 6.10 Å². The zero-order chi connectivity index (χ0) is 14.2. The van der Waals surface area contributed by atoms with E-state index in [0.29, 0.717) is 11.8 Å². The van der Waals surface area contributed by atoms with Gasteiger partial charge in [-0.25, -0.2) is 0 Å². The van der Waals surface area contributed by atoms with Crippen molar-refractivity contribution in [2.45, 2.75) is 25.0 Å². The van der Waals surface area contributed by atoms with Gasteiger partial charge in [-0.1, -0.05) is 54.6 Å². The number of nitrogens with zero attached hydrogens (tertiary/aromatic N) is 1. The first-order chi connectivity index (χ1) is 10.3. The maximum atomic E-state index is 10.5. The first kappa shape index (κ1) is 13.1. The van der Waals surface area contributed by atoms with Gasteiger partial charge in [-0.2, -0.15) is 0 Å². The van der Waals surface area contributed by atoms with Gasteiger partial charge in [0.1, 0.15) is 0 Å². The second kappa shape index (κ2) is 5.28. The summed E-state index contributed by atoms with van der Waals surface area (Å²) in [6.45, 7) is 3.16. The zero-order valence-corrected chi connectivity index (χ0v) is 12.2. The number of benzene rings is 2. The molecule has 0 saturated carbocycles. The molecule has 2 aromatic carbocycles. The van der Waals surface area contributed by atoms with Crippen LogP contribution in [0, 0.1) is 5.92 Å². The Hall–Kier alpha value is -1.64. The van der Waals surface area contributed by atoms with Crippen LogP contribution < -0.4 is 0 Å². The topological polar surface area (TPSA) is 23.5 Å². The first-order valence-electron chi connectivity index (χ1n) is 7.86. The van der Waals surface area contributed by atoms with E-state index in [9.17, 15) is 5.11 Å². The fourth-order valence-electron chi connectivity index (χ4n) is 4.08. The second-order valence-corrected chi connectivity index (χ2v) is 6.35. The Balaban J connectivity index is 1.55. The molecule has 1 heterocycles. The van der Waals surface area contributed by atoms with Crippen LogP contribution in [0.15, 0.2) is 54.6 Å². The highest BCUT2D eigenvalue weighted by molar-refractivity contribution is 5.39. The Morgan fingerprint density at radius 3 is 2.48 bits per heavy atom. The maximum Gasteiger partial charge on any atom is 0.0827 e. The van der Waals surface area contributed by atoms with E-state index in [2.05, 4.69) is 53.4 Å². The van der Waals surface area contributed by atoms with E-state index in [1.54, 1.807) is 0 Å². The number of fused-ring (bicyclic) bond motifs is 3. The van der Waals surface area contributed by atoms with Gasteiger partial charge in [-0.05, 0) is 35.6 Å². The molecule has 2 heteroatoms. The number of likely N-dealkylation sites (tertiary alicyclic amines) is 1. The smallest absolute Gasteiger partial charge is 0.0827 e. The molecule has 0 unspecified atom stereocenters. The van der Waals surface area contributed by atoms with Crippen molar-refractivity contribution in [3.8, 4) is 0 Å². The van der Waals surface area contributed by atoms with Crippen LogP contribution in [0.25, 0.3) is 0 Å². The van der Waals surface area contributed by atoms with Crippen LogP contribution in [0.4, 0.5) is 0 Å². The molecule has 1 aliphatic heterocycles. The summed E-state index contributed by atoms with van der Waals surface area (Å²) in [5.41, 5.74) is 3.91. The predicted octanol–water partition coefficient (Wildman–Crippen LogP) is 3.34. The van der Waals surface area contributed by atoms with Crippen molar-refractivity contribution in [3.63, 3.8) is 0 Å². The van der Waals surface area contributed by atoms with Crippen molar-refractivity contribution < 1.29 is 5.11 Å². The summed E-state index contributed by atoms with van der Waals surface area (Å²) in [7, 11) is 0. The molecule has 0 spiro atoms. The van der Waals surface area contributed by atoms with Crippen LogP contribution >= 0.6 is 0 Å². The van der Waals surface area contributed by atoms with Crippen LogP contribution in [0.1, 0.15) is 35.1 Å². The Kier molecular flexibility index (Phi) is 3.28. The SMILES string of the molecule is O[C@@H]1c2ccccc2[C@H]2CN(Cc3ccccc3)CC[C@H]12. The van der Waals surface area contributed by atoms with Crippen LogP contribution in [0.2, 0.25) is 0 Å². The van der Waals surface area contributed by atoms with E-state index in [1.165, 1.54) is 11.1 Å². The predicted molar refractivity (Wildman–Crippen MR) is 84.0 cm³/mol. The number of aliphatic hydroxyl groups is 1. The van der Waals surface area contributed by atoms with Gasteiger partial charge in [0, 0.05) is 19.0 Å². The highest BCUT2D eigenvalue weighted by atomic mass is 16.3. The number of aliphatic hydroxyl groups excluding tert-OH is 1. The van der Waals surface area contributed by atoms with Gasteiger partial charge in [0.2, 0.25) is 0 Å². The molecule has 2 aliphatic rings. The highest BCUT2D eigenvalue weighted by Gasteiger charge is 2.42. The molecule has 2 aromatic rings. The number of hydrogen-bond acceptors (Lipinski definition) is 2. The third kappa shape index (κ3) is 2.29. The molecular formula is C19H21NO. The minimum absolute atomic E-state index is 0.259. The Labute approximate surface area is 126 Å². The van der Waals surface area contributed by atoms with Crippen molar-refractivity contribution in [2.75, 3.05) is 13.1 Å². The van der Waals surface area contributed by atoms with Gasteiger partial charge in [-0.3, -0.25) is 4.90 Å². The largest absolute Gasteiger partial charge is 0.388 e. The lowest BCUT2D eigenvalue weighted by atomic mass is 9.85. The summed E-state index contributed by atoms with van der Waals surface area (Å²) in [6, 6.07) is 19.1. The summed E-state index contributed by atoms with van der Waals surface area (Å²) < 4.78 is 0. The van der Waals surface area contributed by atoms with Crippen molar-refractivity contribution in [3.05, 3.63) is 71.3 Å². The van der Waals surface area contributed by atoms with Crippen molar-refractivity contribution in [2.24, 2.45) is 5.92 Å². The number of piperidine rings is 1. The van der Waals surface area contributed by atoms with Crippen molar-refractivity contribution in [1.82, 2.24) is 4.90 Å². The van der Waals surface area contributed by atoms with E-state index in [4.69, 9.17) is 0 Å². The number of rotatable bonds is 2. The fourth-order valence-corrected chi connectivity index (χ4v) is 4.08. The molecule has 0 amide bonds. The lowest BCUT2D eigenvalue weighted by molar-refractivity contribution is 0.0589. The van der Waals surface area contributed by atoms with Gasteiger partial charge >= 0.3 is 0 Å². The second-order valence-electron chi connectivity index (χ2n) is 6.35. The normalized spacial score (nSPS) is 28.1. The summed E-state index contributed by atoms with van der Waals surface area (Å²) in [5.74, 6) is 0.906. The quantitative estimate of drug-likeness (QED) is 0.911. The lowest BCUT2D eigenvalue weighted by Gasteiger charge is -2.36. The Morgan fingerprint density at radius 2 is 1.67 bits per heavy atom. The van der Waals surface area contributed by atoms with Crippen LogP contribution in [-0.4, -0.2) is 23.1 Å². The molecule has 3 atom stereocenters. The zero-order valence-electron chi connectivity index (χ0n) is 12.2. The molecule has 1 aliphatic carbocycles. The highest BCUT2D eigenvalue weighted by Crippen LogP contribution is 2.49. The van der Waals surface area contributed by atoms with Crippen molar-refractivity contribution >= 4 is 0 Å². The maximum absolute atomic E-state index is 10.5. The average molecular weight is 279 g/mol. The van der Waals surface area contributed by atoms with E-state index >= 15 is 0 Å². The Bertz CT molecular complexity index is 624. The van der Waals surface area contributed by atoms with Gasteiger partial charge in [0.25, 0.3) is 0 Å². The van der Waals surface area contributed by atoms with E-state index < -0.39 is 0 Å². The summed E-state index contributed by atoms with van der Waals surface area (Å²) in [6.07, 6.45) is 0.831. The third-order valence-electron chi connectivity index (χ3n) is 5.12. The first-order valence-corrected chi connectivity index (χ1v) is 7.86. The summed E-state index contributed by atoms with van der Waals surface area (Å²) >= 11 is 0. The monoisotopic (exact) mass is 279 g/mol. The molecule has 21 heavy (non-hydrogen) atoms. The van der Waals surface area contributed by atoms with Gasteiger partial charge in [-0.15, -0.1) is 0 Å². The molecule has 1 saturated heterocycles. The van der Waals surface area contributed by atoms with E-state index in [1.807, 2.05) is 6.07 Å². The van der Waals surface area contributed by atoms with Gasteiger partial charge in [0.15, 0.2) is 0 Å².